The van der Waals surface area contributed by atoms with Crippen LogP contribution in [0.25, 0.3) is 0 Å². The van der Waals surface area contributed by atoms with Crippen molar-refractivity contribution in [3.63, 3.8) is 0 Å². The first-order valence-corrected chi connectivity index (χ1v) is 5.62. The fourth-order valence-electron chi connectivity index (χ4n) is 2.06. The number of halogens is 2. The molecule has 2 N–H and O–H groups in total. The highest BCUT2D eigenvalue weighted by atomic mass is 35.5. The van der Waals surface area contributed by atoms with Gasteiger partial charge in [-0.1, -0.05) is 6.92 Å². The molecule has 1 aromatic rings. The minimum Gasteiger partial charge on any atom is -0.424 e. The number of aliphatic hydroxyl groups is 1. The molecule has 1 aliphatic rings. The third-order valence-corrected chi connectivity index (χ3v) is 2.93. The number of rotatable bonds is 4. The minimum absolute atomic E-state index is 0. The van der Waals surface area contributed by atoms with E-state index in [1.807, 2.05) is 0 Å². The number of aromatic nitrogens is 2. The number of hydrogen-bond donors (Lipinski definition) is 2. The van der Waals surface area contributed by atoms with E-state index < -0.39 is 0 Å². The smallest absolute Gasteiger partial charge is 0.230 e. The van der Waals surface area contributed by atoms with Crippen molar-refractivity contribution < 1.29 is 9.52 Å². The first-order valence-electron chi connectivity index (χ1n) is 5.62. The molecule has 1 fully saturated rings. The summed E-state index contributed by atoms with van der Waals surface area (Å²) in [5, 5.41) is 20.7. The zero-order chi connectivity index (χ0) is 11.5. The maximum Gasteiger partial charge on any atom is 0.230 e. The molecule has 2 atom stereocenters. The van der Waals surface area contributed by atoms with Crippen LogP contribution in [0.4, 0.5) is 0 Å². The molecule has 1 aliphatic heterocycles. The standard InChI is InChI=1S/C10H18N4O2.2ClH/c1-3-14(8-4-11-5-9(8)15)6-10-13-12-7(2)16-10;;/h8-9,11,15H,3-6H2,1-2H3;2*1H/t8?,9-;;/m1../s1. The van der Waals surface area contributed by atoms with E-state index in [-0.39, 0.29) is 37.0 Å². The highest BCUT2D eigenvalue weighted by Crippen LogP contribution is 2.12. The summed E-state index contributed by atoms with van der Waals surface area (Å²) in [6.07, 6.45) is -0.316. The molecular weight excluding hydrogens is 279 g/mol. The molecule has 0 aliphatic carbocycles. The summed E-state index contributed by atoms with van der Waals surface area (Å²) in [7, 11) is 0. The van der Waals surface area contributed by atoms with Gasteiger partial charge < -0.3 is 14.8 Å². The molecule has 0 saturated carbocycles. The second kappa shape index (κ2) is 7.91. The highest BCUT2D eigenvalue weighted by Gasteiger charge is 2.30. The van der Waals surface area contributed by atoms with Crippen molar-refractivity contribution in [3.05, 3.63) is 11.8 Å². The lowest BCUT2D eigenvalue weighted by Crippen LogP contribution is -2.42. The van der Waals surface area contributed by atoms with Crippen molar-refractivity contribution in [2.75, 3.05) is 19.6 Å². The molecule has 0 aromatic carbocycles. The number of aryl methyl sites for hydroxylation is 1. The monoisotopic (exact) mass is 298 g/mol. The van der Waals surface area contributed by atoms with Crippen LogP contribution < -0.4 is 5.32 Å². The average molecular weight is 299 g/mol. The first-order chi connectivity index (χ1) is 7.70. The molecule has 0 spiro atoms. The summed E-state index contributed by atoms with van der Waals surface area (Å²) in [4.78, 5) is 2.15. The molecule has 1 aromatic heterocycles. The number of nitrogens with zero attached hydrogens (tertiary/aromatic N) is 3. The summed E-state index contributed by atoms with van der Waals surface area (Å²) in [5.74, 6) is 1.19. The Morgan fingerprint density at radius 3 is 2.56 bits per heavy atom. The second-order valence-electron chi connectivity index (χ2n) is 4.07. The molecule has 2 heterocycles. The minimum atomic E-state index is -0.316. The van der Waals surface area contributed by atoms with Crippen LogP contribution in [0.3, 0.4) is 0 Å². The van der Waals surface area contributed by atoms with Gasteiger partial charge in [-0.05, 0) is 6.54 Å². The van der Waals surface area contributed by atoms with Crippen molar-refractivity contribution >= 4 is 24.8 Å². The Labute approximate surface area is 119 Å². The van der Waals surface area contributed by atoms with Gasteiger partial charge in [-0.15, -0.1) is 35.0 Å². The van der Waals surface area contributed by atoms with Gasteiger partial charge in [-0.25, -0.2) is 0 Å². The molecule has 18 heavy (non-hydrogen) atoms. The molecule has 1 saturated heterocycles. The Morgan fingerprint density at radius 1 is 1.39 bits per heavy atom. The van der Waals surface area contributed by atoms with Crippen molar-refractivity contribution in [2.24, 2.45) is 0 Å². The van der Waals surface area contributed by atoms with E-state index in [0.29, 0.717) is 24.9 Å². The van der Waals surface area contributed by atoms with Gasteiger partial charge in [0, 0.05) is 26.1 Å². The van der Waals surface area contributed by atoms with Crippen LogP contribution in [0, 0.1) is 6.92 Å². The van der Waals surface area contributed by atoms with Crippen LogP contribution in [0.15, 0.2) is 4.42 Å². The summed E-state index contributed by atoms with van der Waals surface area (Å²) >= 11 is 0. The van der Waals surface area contributed by atoms with E-state index in [9.17, 15) is 5.11 Å². The van der Waals surface area contributed by atoms with E-state index in [4.69, 9.17) is 4.42 Å². The van der Waals surface area contributed by atoms with Crippen LogP contribution in [-0.4, -0.2) is 52.0 Å². The summed E-state index contributed by atoms with van der Waals surface area (Å²) in [5.41, 5.74) is 0. The van der Waals surface area contributed by atoms with Crippen molar-refractivity contribution in [3.8, 4) is 0 Å². The van der Waals surface area contributed by atoms with E-state index in [0.717, 1.165) is 13.1 Å². The number of hydrogen-bond acceptors (Lipinski definition) is 6. The van der Waals surface area contributed by atoms with Crippen LogP contribution in [0.5, 0.6) is 0 Å². The highest BCUT2D eigenvalue weighted by molar-refractivity contribution is 5.85. The predicted octanol–water partition coefficient (Wildman–Crippen LogP) is 0.376. The van der Waals surface area contributed by atoms with E-state index in [1.165, 1.54) is 0 Å². The molecule has 0 radical (unpaired) electrons. The van der Waals surface area contributed by atoms with Gasteiger partial charge in [0.1, 0.15) is 0 Å². The third kappa shape index (κ3) is 4.07. The van der Waals surface area contributed by atoms with Crippen LogP contribution in [0.2, 0.25) is 0 Å². The van der Waals surface area contributed by atoms with Gasteiger partial charge in [-0.2, -0.15) is 0 Å². The molecule has 0 amide bonds. The predicted molar refractivity (Wildman–Crippen MR) is 72.3 cm³/mol. The van der Waals surface area contributed by atoms with Gasteiger partial charge >= 0.3 is 0 Å². The Balaban J connectivity index is 0.00000144. The number of likely N-dealkylation sites (N-methyl/N-ethyl adjacent to an activating group) is 1. The molecule has 1 unspecified atom stereocenters. The summed E-state index contributed by atoms with van der Waals surface area (Å²) in [6.45, 7) is 6.75. The fraction of sp³-hybridized carbons (Fsp3) is 0.800. The van der Waals surface area contributed by atoms with Gasteiger partial charge in [0.05, 0.1) is 12.6 Å². The van der Waals surface area contributed by atoms with Crippen molar-refractivity contribution in [2.45, 2.75) is 32.5 Å². The lowest BCUT2D eigenvalue weighted by molar-refractivity contribution is 0.0761. The Bertz CT molecular complexity index is 350. The van der Waals surface area contributed by atoms with Crippen LogP contribution in [0.1, 0.15) is 18.7 Å². The Hall–Kier alpha value is -0.400. The molecule has 106 valence electrons. The van der Waals surface area contributed by atoms with Crippen molar-refractivity contribution in [1.82, 2.24) is 20.4 Å². The largest absolute Gasteiger partial charge is 0.424 e. The van der Waals surface area contributed by atoms with Crippen LogP contribution in [-0.2, 0) is 6.54 Å². The van der Waals surface area contributed by atoms with E-state index >= 15 is 0 Å². The first kappa shape index (κ1) is 17.6. The van der Waals surface area contributed by atoms with E-state index in [2.05, 4.69) is 27.3 Å². The third-order valence-electron chi connectivity index (χ3n) is 2.93. The lowest BCUT2D eigenvalue weighted by atomic mass is 10.2. The average Bonchev–Trinajstić information content (AvgIpc) is 2.84. The quantitative estimate of drug-likeness (QED) is 0.837. The number of nitrogens with one attached hydrogen (secondary N) is 1. The second-order valence-corrected chi connectivity index (χ2v) is 4.07. The fourth-order valence-corrected chi connectivity index (χ4v) is 2.06. The lowest BCUT2D eigenvalue weighted by Gasteiger charge is -2.27. The molecular formula is C10H20Cl2N4O2. The van der Waals surface area contributed by atoms with Gasteiger partial charge in [0.15, 0.2) is 0 Å². The van der Waals surface area contributed by atoms with Crippen molar-refractivity contribution in [1.29, 1.82) is 0 Å². The Kier molecular flexibility index (Phi) is 7.73. The molecule has 2 rings (SSSR count). The van der Waals surface area contributed by atoms with Gasteiger partial charge in [-0.3, -0.25) is 4.90 Å². The molecule has 8 heteroatoms. The number of aliphatic hydroxyl groups excluding tert-OH is 1. The van der Waals surface area contributed by atoms with Gasteiger partial charge in [0.25, 0.3) is 0 Å². The SMILES string of the molecule is CCN(Cc1nnc(C)o1)C1CNC[C@H]1O.Cl.Cl. The maximum atomic E-state index is 9.80. The van der Waals surface area contributed by atoms with Crippen LogP contribution >= 0.6 is 24.8 Å². The maximum absolute atomic E-state index is 9.80. The number of β-amino-alcohol motifs (C(OH)–C–C–N with tert-alkyl or cyclic N) is 1. The molecule has 6 nitrogen and oxygen atoms in total. The zero-order valence-electron chi connectivity index (χ0n) is 10.5. The normalized spacial score (nSPS) is 22.7. The van der Waals surface area contributed by atoms with Gasteiger partial charge in [0.2, 0.25) is 11.8 Å². The topological polar surface area (TPSA) is 74.4 Å². The Morgan fingerprint density at radius 2 is 2.11 bits per heavy atom. The van der Waals surface area contributed by atoms with E-state index in [1.54, 1.807) is 6.92 Å². The molecule has 0 bridgehead atoms. The summed E-state index contributed by atoms with van der Waals surface area (Å²) < 4.78 is 5.34. The zero-order valence-corrected chi connectivity index (χ0v) is 12.1. The summed E-state index contributed by atoms with van der Waals surface area (Å²) in [6, 6.07) is 0.136.